The number of carbonyl (C=O) groups is 1. The van der Waals surface area contributed by atoms with Gasteiger partial charge in [-0.3, -0.25) is 4.79 Å². The number of carbonyl (C=O) groups excluding carboxylic acids is 1. The zero-order valence-corrected chi connectivity index (χ0v) is 14.2. The Morgan fingerprint density at radius 3 is 2.77 bits per heavy atom. The Morgan fingerprint density at radius 2 is 2.14 bits per heavy atom. The summed E-state index contributed by atoms with van der Waals surface area (Å²) in [5.41, 5.74) is 0.948. The second-order valence-electron chi connectivity index (χ2n) is 5.77. The summed E-state index contributed by atoms with van der Waals surface area (Å²) >= 11 is 5.94. The number of ether oxygens (including phenoxy) is 1. The van der Waals surface area contributed by atoms with Crippen molar-refractivity contribution in [1.82, 2.24) is 10.2 Å². The maximum absolute atomic E-state index is 12.5. The molecule has 122 valence electrons. The monoisotopic (exact) mass is 324 g/mol. The fourth-order valence-corrected chi connectivity index (χ4v) is 3.09. The van der Waals surface area contributed by atoms with Crippen molar-refractivity contribution in [3.8, 4) is 5.75 Å². The third kappa shape index (κ3) is 4.62. The van der Waals surface area contributed by atoms with Crippen LogP contribution in [0.25, 0.3) is 0 Å². The minimum absolute atomic E-state index is 0.0723. The highest BCUT2D eigenvalue weighted by Gasteiger charge is 2.24. The summed E-state index contributed by atoms with van der Waals surface area (Å²) in [7, 11) is 0. The number of nitrogens with one attached hydrogen (secondary N) is 1. The molecular formula is C17H25ClN2O2. The Morgan fingerprint density at radius 1 is 1.41 bits per heavy atom. The van der Waals surface area contributed by atoms with E-state index in [9.17, 15) is 4.79 Å². The zero-order chi connectivity index (χ0) is 15.9. The van der Waals surface area contributed by atoms with Gasteiger partial charge in [0.25, 0.3) is 5.91 Å². The van der Waals surface area contributed by atoms with Crippen LogP contribution in [0.3, 0.4) is 0 Å². The van der Waals surface area contributed by atoms with Crippen molar-refractivity contribution in [2.24, 2.45) is 0 Å². The molecule has 0 atom stereocenters. The van der Waals surface area contributed by atoms with Gasteiger partial charge in [0.1, 0.15) is 5.75 Å². The first-order chi connectivity index (χ1) is 10.6. The van der Waals surface area contributed by atoms with Gasteiger partial charge in [0.05, 0.1) is 0 Å². The number of piperidine rings is 1. The Bertz CT molecular complexity index is 501. The van der Waals surface area contributed by atoms with Crippen LogP contribution in [0.5, 0.6) is 5.75 Å². The minimum atomic E-state index is 0.0723. The summed E-state index contributed by atoms with van der Waals surface area (Å²) in [6.45, 7) is 6.89. The van der Waals surface area contributed by atoms with Gasteiger partial charge in [0.15, 0.2) is 6.61 Å². The van der Waals surface area contributed by atoms with E-state index in [0.29, 0.717) is 11.1 Å². The van der Waals surface area contributed by atoms with Crippen LogP contribution in [0.15, 0.2) is 18.2 Å². The van der Waals surface area contributed by atoms with Crippen LogP contribution in [0, 0.1) is 6.92 Å². The van der Waals surface area contributed by atoms with Crippen LogP contribution < -0.4 is 10.1 Å². The molecular weight excluding hydrogens is 300 g/mol. The fraction of sp³-hybridized carbons (Fsp3) is 0.588. The lowest BCUT2D eigenvalue weighted by Gasteiger charge is -2.34. The highest BCUT2D eigenvalue weighted by atomic mass is 35.5. The molecule has 0 aliphatic carbocycles. The van der Waals surface area contributed by atoms with Crippen molar-refractivity contribution in [2.45, 2.75) is 39.2 Å². The smallest absolute Gasteiger partial charge is 0.260 e. The molecule has 0 spiro atoms. The number of amides is 1. The van der Waals surface area contributed by atoms with Crippen LogP contribution in [-0.4, -0.2) is 43.1 Å². The van der Waals surface area contributed by atoms with Crippen molar-refractivity contribution < 1.29 is 9.53 Å². The van der Waals surface area contributed by atoms with Crippen molar-refractivity contribution in [2.75, 3.05) is 26.2 Å². The molecule has 1 heterocycles. The molecule has 1 N–H and O–H groups in total. The maximum Gasteiger partial charge on any atom is 0.260 e. The van der Waals surface area contributed by atoms with Crippen LogP contribution in [0.1, 0.15) is 31.7 Å². The first-order valence-corrected chi connectivity index (χ1v) is 8.38. The average molecular weight is 325 g/mol. The first kappa shape index (κ1) is 17.1. The minimum Gasteiger partial charge on any atom is -0.483 e. The van der Waals surface area contributed by atoms with E-state index in [1.807, 2.05) is 24.0 Å². The van der Waals surface area contributed by atoms with Crippen LogP contribution in [0.2, 0.25) is 5.02 Å². The normalized spacial score (nSPS) is 15.6. The quantitative estimate of drug-likeness (QED) is 0.874. The summed E-state index contributed by atoms with van der Waals surface area (Å²) in [6, 6.07) is 5.78. The molecule has 0 bridgehead atoms. The Balaban J connectivity index is 1.95. The number of nitrogens with zero attached hydrogens (tertiary/aromatic N) is 1. The number of benzene rings is 1. The van der Waals surface area contributed by atoms with Crippen molar-refractivity contribution >= 4 is 17.5 Å². The largest absolute Gasteiger partial charge is 0.483 e. The van der Waals surface area contributed by atoms with E-state index in [2.05, 4.69) is 12.2 Å². The summed E-state index contributed by atoms with van der Waals surface area (Å²) in [6.07, 6.45) is 3.01. The highest BCUT2D eigenvalue weighted by molar-refractivity contribution is 6.30. The lowest BCUT2D eigenvalue weighted by atomic mass is 10.0. The molecule has 4 nitrogen and oxygen atoms in total. The number of rotatable bonds is 6. The predicted molar refractivity (Wildman–Crippen MR) is 89.6 cm³/mol. The van der Waals surface area contributed by atoms with E-state index in [1.54, 1.807) is 6.07 Å². The third-order valence-corrected chi connectivity index (χ3v) is 4.26. The van der Waals surface area contributed by atoms with E-state index < -0.39 is 0 Å². The van der Waals surface area contributed by atoms with Gasteiger partial charge in [0, 0.05) is 17.6 Å². The van der Waals surface area contributed by atoms with Crippen molar-refractivity contribution in [3.05, 3.63) is 28.8 Å². The first-order valence-electron chi connectivity index (χ1n) is 8.01. The van der Waals surface area contributed by atoms with Crippen LogP contribution >= 0.6 is 11.6 Å². The molecule has 0 radical (unpaired) electrons. The lowest BCUT2D eigenvalue weighted by molar-refractivity contribution is -0.136. The van der Waals surface area contributed by atoms with E-state index in [4.69, 9.17) is 16.3 Å². The molecule has 1 aliphatic heterocycles. The molecule has 5 heteroatoms. The molecule has 1 aromatic carbocycles. The molecule has 0 saturated carbocycles. The third-order valence-electron chi connectivity index (χ3n) is 4.02. The molecule has 22 heavy (non-hydrogen) atoms. The second-order valence-corrected chi connectivity index (χ2v) is 6.20. The van der Waals surface area contributed by atoms with Gasteiger partial charge in [0.2, 0.25) is 0 Å². The van der Waals surface area contributed by atoms with Gasteiger partial charge < -0.3 is 15.0 Å². The van der Waals surface area contributed by atoms with Gasteiger partial charge in [-0.2, -0.15) is 0 Å². The lowest BCUT2D eigenvalue weighted by Crippen LogP contribution is -2.48. The van der Waals surface area contributed by atoms with Gasteiger partial charge in [-0.1, -0.05) is 18.5 Å². The van der Waals surface area contributed by atoms with Crippen molar-refractivity contribution in [3.63, 3.8) is 0 Å². The second kappa shape index (κ2) is 8.39. The maximum atomic E-state index is 12.5. The van der Waals surface area contributed by atoms with E-state index in [1.165, 1.54) is 0 Å². The Kier molecular flexibility index (Phi) is 6.52. The SMILES string of the molecule is CCCN(C(=O)COc1ccc(Cl)cc1C)C1CCNCC1. The number of hydrogen-bond donors (Lipinski definition) is 1. The topological polar surface area (TPSA) is 41.6 Å². The Hall–Kier alpha value is -1.26. The molecule has 2 rings (SSSR count). The predicted octanol–water partition coefficient (Wildman–Crippen LogP) is 3.02. The van der Waals surface area contributed by atoms with Gasteiger partial charge in [-0.25, -0.2) is 0 Å². The van der Waals surface area contributed by atoms with Crippen LogP contribution in [-0.2, 0) is 4.79 Å². The average Bonchev–Trinajstić information content (AvgIpc) is 2.52. The van der Waals surface area contributed by atoms with Gasteiger partial charge in [-0.15, -0.1) is 0 Å². The van der Waals surface area contributed by atoms with Gasteiger partial charge >= 0.3 is 0 Å². The number of halogens is 1. The molecule has 1 amide bonds. The van der Waals surface area contributed by atoms with Crippen LogP contribution in [0.4, 0.5) is 0 Å². The Labute approximate surface area is 137 Å². The summed E-state index contributed by atoms with van der Waals surface area (Å²) in [5, 5.41) is 4.02. The van der Waals surface area contributed by atoms with Gasteiger partial charge in [-0.05, 0) is 63.0 Å². The molecule has 1 aliphatic rings. The highest BCUT2D eigenvalue weighted by Crippen LogP contribution is 2.22. The summed E-state index contributed by atoms with van der Waals surface area (Å²) < 4.78 is 5.71. The molecule has 1 fully saturated rings. The van der Waals surface area contributed by atoms with E-state index >= 15 is 0 Å². The zero-order valence-electron chi connectivity index (χ0n) is 13.4. The molecule has 0 aromatic heterocycles. The van der Waals surface area contributed by atoms with E-state index in [0.717, 1.165) is 50.2 Å². The summed E-state index contributed by atoms with van der Waals surface area (Å²) in [4.78, 5) is 14.5. The van der Waals surface area contributed by atoms with E-state index in [-0.39, 0.29) is 12.5 Å². The standard InChI is InChI=1S/C17H25ClN2O2/c1-3-10-20(15-6-8-19-9-7-15)17(21)12-22-16-5-4-14(18)11-13(16)2/h4-5,11,15,19H,3,6-10,12H2,1-2H3. The summed E-state index contributed by atoms with van der Waals surface area (Å²) in [5.74, 6) is 0.794. The number of hydrogen-bond acceptors (Lipinski definition) is 3. The molecule has 1 aromatic rings. The molecule has 0 unspecified atom stereocenters. The number of aryl methyl sites for hydroxylation is 1. The fourth-order valence-electron chi connectivity index (χ4n) is 2.87. The molecule has 1 saturated heterocycles. The van der Waals surface area contributed by atoms with Crippen molar-refractivity contribution in [1.29, 1.82) is 0 Å².